The van der Waals surface area contributed by atoms with Crippen molar-refractivity contribution in [3.8, 4) is 39.6 Å². The molecule has 4 aromatic rings. The fraction of sp³-hybridized carbons (Fsp3) is 0.136. The molecule has 2 aromatic heterocycles. The van der Waals surface area contributed by atoms with Gasteiger partial charge in [-0.2, -0.15) is 0 Å². The summed E-state index contributed by atoms with van der Waals surface area (Å²) < 4.78 is 18.0. The van der Waals surface area contributed by atoms with Gasteiger partial charge in [-0.3, -0.25) is 0 Å². The van der Waals surface area contributed by atoms with Crippen LogP contribution in [0.4, 0.5) is 0 Å². The zero-order chi connectivity index (χ0) is 18.8. The maximum atomic E-state index is 5.38. The largest absolute Gasteiger partial charge is 0.497 e. The summed E-state index contributed by atoms with van der Waals surface area (Å²) >= 11 is 0. The van der Waals surface area contributed by atoms with Gasteiger partial charge in [0.1, 0.15) is 22.9 Å². The van der Waals surface area contributed by atoms with Crippen molar-refractivity contribution in [3.63, 3.8) is 0 Å². The lowest BCUT2D eigenvalue weighted by molar-refractivity contribution is 0.394. The van der Waals surface area contributed by atoms with Crippen LogP contribution in [0.1, 0.15) is 0 Å². The number of nitrogens with zero attached hydrogens (tertiary/aromatic N) is 2. The van der Waals surface area contributed by atoms with E-state index in [9.17, 15) is 0 Å². The van der Waals surface area contributed by atoms with E-state index in [1.165, 1.54) is 0 Å². The van der Waals surface area contributed by atoms with Crippen LogP contribution in [0.5, 0.6) is 17.2 Å². The lowest BCUT2D eigenvalue weighted by Crippen LogP contribution is -1.90. The van der Waals surface area contributed by atoms with Crippen LogP contribution in [-0.4, -0.2) is 30.7 Å². The first-order valence-corrected chi connectivity index (χ1v) is 8.57. The van der Waals surface area contributed by atoms with Crippen molar-refractivity contribution < 1.29 is 14.2 Å². The highest BCUT2D eigenvalue weighted by Crippen LogP contribution is 2.30. The number of methoxy groups -OCH3 is 3. The Balaban J connectivity index is 1.74. The van der Waals surface area contributed by atoms with Crippen LogP contribution in [0.15, 0.2) is 67.0 Å². The number of rotatable bonds is 5. The first-order valence-electron chi connectivity index (χ1n) is 8.57. The van der Waals surface area contributed by atoms with Crippen molar-refractivity contribution in [1.29, 1.82) is 0 Å². The van der Waals surface area contributed by atoms with Crippen molar-refractivity contribution in [3.05, 3.63) is 67.0 Å². The molecule has 4 rings (SSSR count). The maximum absolute atomic E-state index is 5.38. The van der Waals surface area contributed by atoms with Crippen LogP contribution in [0.2, 0.25) is 0 Å². The fourth-order valence-corrected chi connectivity index (χ4v) is 3.04. The van der Waals surface area contributed by atoms with E-state index in [1.54, 1.807) is 21.3 Å². The van der Waals surface area contributed by atoms with Crippen molar-refractivity contribution in [1.82, 2.24) is 9.38 Å². The van der Waals surface area contributed by atoms with Crippen molar-refractivity contribution in [2.24, 2.45) is 0 Å². The smallest absolute Gasteiger partial charge is 0.137 e. The summed E-state index contributed by atoms with van der Waals surface area (Å²) in [7, 11) is 4.96. The summed E-state index contributed by atoms with van der Waals surface area (Å²) in [4.78, 5) is 4.71. The standard InChI is InChI=1S/C22H20N2O3/c1-25-18-7-4-15(5-8-18)21-14-24-13-16(6-9-22(24)23-21)17-10-19(26-2)12-20(11-17)27-3/h4-14H,1-3H3. The molecule has 0 saturated carbocycles. The molecule has 0 saturated heterocycles. The normalized spacial score (nSPS) is 10.8. The average molecular weight is 360 g/mol. The third-order valence-electron chi connectivity index (χ3n) is 4.52. The second-order valence-corrected chi connectivity index (χ2v) is 6.14. The number of hydrogen-bond acceptors (Lipinski definition) is 4. The highest BCUT2D eigenvalue weighted by Gasteiger charge is 2.08. The Kier molecular flexibility index (Phi) is 4.42. The zero-order valence-electron chi connectivity index (χ0n) is 15.5. The molecular weight excluding hydrogens is 340 g/mol. The van der Waals surface area contributed by atoms with Crippen LogP contribution in [0, 0.1) is 0 Å². The predicted molar refractivity (Wildman–Crippen MR) is 106 cm³/mol. The second kappa shape index (κ2) is 7.03. The Hall–Kier alpha value is -3.47. The third kappa shape index (κ3) is 3.31. The van der Waals surface area contributed by atoms with Crippen molar-refractivity contribution >= 4 is 5.65 Å². The topological polar surface area (TPSA) is 45.0 Å². The van der Waals surface area contributed by atoms with Gasteiger partial charge in [0.05, 0.1) is 27.0 Å². The van der Waals surface area contributed by atoms with Gasteiger partial charge in [0.2, 0.25) is 0 Å². The van der Waals surface area contributed by atoms with Gasteiger partial charge in [-0.1, -0.05) is 0 Å². The van der Waals surface area contributed by atoms with E-state index in [1.807, 2.05) is 65.2 Å². The molecule has 0 radical (unpaired) electrons. The molecule has 0 spiro atoms. The van der Waals surface area contributed by atoms with Crippen LogP contribution < -0.4 is 14.2 Å². The molecule has 2 aromatic carbocycles. The maximum Gasteiger partial charge on any atom is 0.137 e. The minimum Gasteiger partial charge on any atom is -0.497 e. The molecule has 136 valence electrons. The molecule has 0 bridgehead atoms. The monoisotopic (exact) mass is 360 g/mol. The average Bonchev–Trinajstić information content (AvgIpc) is 3.16. The Labute approximate surface area is 157 Å². The van der Waals surface area contributed by atoms with Crippen molar-refractivity contribution in [2.75, 3.05) is 21.3 Å². The summed E-state index contributed by atoms with van der Waals surface area (Å²) in [5.74, 6) is 2.35. The number of benzene rings is 2. The van der Waals surface area contributed by atoms with E-state index < -0.39 is 0 Å². The summed E-state index contributed by atoms with van der Waals surface area (Å²) in [5.41, 5.74) is 4.92. The first-order chi connectivity index (χ1) is 13.2. The number of hydrogen-bond donors (Lipinski definition) is 0. The molecule has 0 atom stereocenters. The van der Waals surface area contributed by atoms with Gasteiger partial charge in [0.15, 0.2) is 0 Å². The van der Waals surface area contributed by atoms with Crippen LogP contribution in [-0.2, 0) is 0 Å². The number of ether oxygens (including phenoxy) is 3. The summed E-state index contributed by atoms with van der Waals surface area (Å²) in [6.45, 7) is 0. The Morgan fingerprint density at radius 3 is 1.89 bits per heavy atom. The van der Waals surface area contributed by atoms with Crippen molar-refractivity contribution in [2.45, 2.75) is 0 Å². The van der Waals surface area contributed by atoms with Gasteiger partial charge in [-0.05, 0) is 59.7 Å². The quantitative estimate of drug-likeness (QED) is 0.518. The lowest BCUT2D eigenvalue weighted by atomic mass is 10.1. The molecule has 5 nitrogen and oxygen atoms in total. The number of pyridine rings is 1. The Bertz CT molecular complexity index is 1060. The molecular formula is C22H20N2O3. The van der Waals surface area contributed by atoms with Gasteiger partial charge in [-0.25, -0.2) is 4.98 Å². The van der Waals surface area contributed by atoms with Gasteiger partial charge in [0, 0.05) is 24.0 Å². The van der Waals surface area contributed by atoms with E-state index >= 15 is 0 Å². The molecule has 2 heterocycles. The molecule has 0 fully saturated rings. The third-order valence-corrected chi connectivity index (χ3v) is 4.52. The molecule has 0 aliphatic heterocycles. The van der Waals surface area contributed by atoms with Crippen LogP contribution in [0.25, 0.3) is 28.0 Å². The van der Waals surface area contributed by atoms with E-state index in [4.69, 9.17) is 19.2 Å². The molecule has 0 amide bonds. The molecule has 0 aliphatic rings. The molecule has 0 aliphatic carbocycles. The summed E-state index contributed by atoms with van der Waals surface area (Å²) in [6, 6.07) is 17.8. The van der Waals surface area contributed by atoms with E-state index in [-0.39, 0.29) is 0 Å². The minimum atomic E-state index is 0.758. The summed E-state index contributed by atoms with van der Waals surface area (Å²) in [6.07, 6.45) is 4.08. The highest BCUT2D eigenvalue weighted by atomic mass is 16.5. The highest BCUT2D eigenvalue weighted by molar-refractivity contribution is 5.70. The zero-order valence-corrected chi connectivity index (χ0v) is 15.5. The van der Waals surface area contributed by atoms with Gasteiger partial charge in [0.25, 0.3) is 0 Å². The summed E-state index contributed by atoms with van der Waals surface area (Å²) in [5, 5.41) is 0. The number of imidazole rings is 1. The van der Waals surface area contributed by atoms with Gasteiger partial charge in [-0.15, -0.1) is 0 Å². The van der Waals surface area contributed by atoms with E-state index in [0.29, 0.717) is 0 Å². The van der Waals surface area contributed by atoms with Crippen LogP contribution >= 0.6 is 0 Å². The lowest BCUT2D eigenvalue weighted by Gasteiger charge is -2.09. The SMILES string of the molecule is COc1ccc(-c2cn3cc(-c4cc(OC)cc(OC)c4)ccc3n2)cc1. The van der Waals surface area contributed by atoms with Gasteiger partial charge < -0.3 is 18.6 Å². The Morgan fingerprint density at radius 1 is 0.630 bits per heavy atom. The van der Waals surface area contributed by atoms with E-state index in [2.05, 4.69) is 6.20 Å². The van der Waals surface area contributed by atoms with Crippen LogP contribution in [0.3, 0.4) is 0 Å². The number of aromatic nitrogens is 2. The predicted octanol–water partition coefficient (Wildman–Crippen LogP) is 4.69. The van der Waals surface area contributed by atoms with Gasteiger partial charge >= 0.3 is 0 Å². The molecule has 5 heteroatoms. The minimum absolute atomic E-state index is 0.758. The van der Waals surface area contributed by atoms with E-state index in [0.717, 1.165) is 45.3 Å². The first kappa shape index (κ1) is 17.0. The second-order valence-electron chi connectivity index (χ2n) is 6.14. The number of fused-ring (bicyclic) bond motifs is 1. The Morgan fingerprint density at radius 2 is 1.26 bits per heavy atom. The molecule has 27 heavy (non-hydrogen) atoms. The fourth-order valence-electron chi connectivity index (χ4n) is 3.04. The molecule has 0 N–H and O–H groups in total. The molecule has 0 unspecified atom stereocenters.